The second-order valence-corrected chi connectivity index (χ2v) is 9.27. The van der Waals surface area contributed by atoms with Crippen molar-refractivity contribution in [2.45, 2.75) is 40.0 Å². The summed E-state index contributed by atoms with van der Waals surface area (Å²) in [6, 6.07) is 24.0. The van der Waals surface area contributed by atoms with Crippen molar-refractivity contribution >= 4 is 16.7 Å². The van der Waals surface area contributed by atoms with Crippen LogP contribution < -0.4 is 0 Å². The molecule has 1 aliphatic heterocycles. The molecule has 2 heterocycles. The number of nitrogens with one attached hydrogen (secondary N) is 1. The minimum absolute atomic E-state index is 0.394. The molecule has 0 saturated carbocycles. The zero-order valence-corrected chi connectivity index (χ0v) is 19.2. The molecule has 32 heavy (non-hydrogen) atoms. The van der Waals surface area contributed by atoms with Crippen LogP contribution in [0.25, 0.3) is 33.3 Å². The van der Waals surface area contributed by atoms with E-state index in [0.717, 1.165) is 23.3 Å². The highest BCUT2D eigenvalue weighted by atomic mass is 14.9. The Bertz CT molecular complexity index is 1320. The maximum absolute atomic E-state index is 4.68. The van der Waals surface area contributed by atoms with Gasteiger partial charge in [-0.05, 0) is 51.4 Å². The number of allylic oxidation sites excluding steroid dienone is 1. The first-order valence-corrected chi connectivity index (χ1v) is 11.4. The number of hydrogen-bond donors (Lipinski definition) is 1. The topological polar surface area (TPSA) is 41.0 Å². The monoisotopic (exact) mass is 419 g/mol. The summed E-state index contributed by atoms with van der Waals surface area (Å²) < 4.78 is 0. The number of nitrogens with zero attached hydrogens (tertiary/aromatic N) is 2. The second-order valence-electron chi connectivity index (χ2n) is 9.27. The molecule has 0 bridgehead atoms. The lowest BCUT2D eigenvalue weighted by molar-refractivity contribution is 0.758. The molecule has 4 aromatic rings. The van der Waals surface area contributed by atoms with Gasteiger partial charge in [-0.15, -0.1) is 0 Å². The summed E-state index contributed by atoms with van der Waals surface area (Å²) >= 11 is 0. The van der Waals surface area contributed by atoms with Gasteiger partial charge < -0.3 is 4.98 Å². The van der Waals surface area contributed by atoms with Gasteiger partial charge in [-0.3, -0.25) is 4.99 Å². The lowest BCUT2D eigenvalue weighted by Gasteiger charge is -2.08. The Balaban J connectivity index is 1.34. The molecule has 1 aromatic heterocycles. The molecule has 1 aliphatic rings. The van der Waals surface area contributed by atoms with E-state index in [1.54, 1.807) is 0 Å². The van der Waals surface area contributed by atoms with Gasteiger partial charge in [0, 0.05) is 18.5 Å². The smallest absolute Gasteiger partial charge is 0.109 e. The Morgan fingerprint density at radius 1 is 0.688 bits per heavy atom. The summed E-state index contributed by atoms with van der Waals surface area (Å²) in [5.41, 5.74) is 10.8. The number of hydrogen-bond acceptors (Lipinski definition) is 2. The molecule has 0 saturated heterocycles. The van der Waals surface area contributed by atoms with Crippen LogP contribution >= 0.6 is 0 Å². The maximum Gasteiger partial charge on any atom is 0.109 e. The predicted octanol–water partition coefficient (Wildman–Crippen LogP) is 7.75. The van der Waals surface area contributed by atoms with Crippen molar-refractivity contribution in [3.05, 3.63) is 89.9 Å². The Morgan fingerprint density at radius 3 is 1.81 bits per heavy atom. The van der Waals surface area contributed by atoms with E-state index >= 15 is 0 Å². The van der Waals surface area contributed by atoms with Crippen molar-refractivity contribution in [3.8, 4) is 22.3 Å². The Morgan fingerprint density at radius 2 is 1.25 bits per heavy atom. The number of imidazole rings is 1. The van der Waals surface area contributed by atoms with Crippen molar-refractivity contribution < 1.29 is 0 Å². The van der Waals surface area contributed by atoms with Gasteiger partial charge in [-0.25, -0.2) is 4.98 Å². The van der Waals surface area contributed by atoms with Crippen molar-refractivity contribution in [2.75, 3.05) is 0 Å². The third-order valence-electron chi connectivity index (χ3n) is 6.32. The molecule has 0 spiro atoms. The van der Waals surface area contributed by atoms with E-state index in [-0.39, 0.29) is 0 Å². The van der Waals surface area contributed by atoms with Crippen LogP contribution in [-0.2, 0) is 0 Å². The fraction of sp³-hybridized carbons (Fsp3) is 0.241. The Labute approximate surface area is 190 Å². The summed E-state index contributed by atoms with van der Waals surface area (Å²) in [7, 11) is 0. The number of fused-ring (bicyclic) bond motifs is 1. The van der Waals surface area contributed by atoms with Crippen LogP contribution in [0.1, 0.15) is 51.4 Å². The highest BCUT2D eigenvalue weighted by Crippen LogP contribution is 2.29. The standard InChI is InChI=1S/C29H29N3/c1-18(2)25-16-27(30-17-25)23-11-9-21(10-12-23)20-5-7-22(8-6-20)24-13-14-26-28(15-24)32-29(31-26)19(3)4/h5-15,17-19H,16H2,1-4H3,(H,31,32). The Kier molecular flexibility index (Phi) is 5.26. The highest BCUT2D eigenvalue weighted by molar-refractivity contribution is 6.04. The van der Waals surface area contributed by atoms with E-state index in [1.165, 1.54) is 39.1 Å². The first-order valence-electron chi connectivity index (χ1n) is 11.4. The fourth-order valence-electron chi connectivity index (χ4n) is 4.17. The third-order valence-corrected chi connectivity index (χ3v) is 6.32. The van der Waals surface area contributed by atoms with Gasteiger partial charge >= 0.3 is 0 Å². The molecule has 5 rings (SSSR count). The van der Waals surface area contributed by atoms with E-state index in [2.05, 4.69) is 109 Å². The molecule has 0 amide bonds. The number of aliphatic imine (C=N–C) groups is 1. The maximum atomic E-state index is 4.68. The quantitative estimate of drug-likeness (QED) is 0.353. The van der Waals surface area contributed by atoms with Gasteiger partial charge in [-0.1, -0.05) is 82.3 Å². The van der Waals surface area contributed by atoms with Gasteiger partial charge in [0.2, 0.25) is 0 Å². The fourth-order valence-corrected chi connectivity index (χ4v) is 4.17. The molecule has 3 aromatic carbocycles. The first-order chi connectivity index (χ1) is 15.5. The van der Waals surface area contributed by atoms with Gasteiger partial charge in [0.15, 0.2) is 0 Å². The summed E-state index contributed by atoms with van der Waals surface area (Å²) in [5.74, 6) is 1.99. The van der Waals surface area contributed by atoms with E-state index in [1.807, 2.05) is 6.20 Å². The number of aromatic nitrogens is 2. The molecule has 3 nitrogen and oxygen atoms in total. The molecule has 0 unspecified atom stereocenters. The van der Waals surface area contributed by atoms with Crippen LogP contribution in [-0.4, -0.2) is 15.7 Å². The minimum Gasteiger partial charge on any atom is -0.342 e. The van der Waals surface area contributed by atoms with Crippen LogP contribution in [0.15, 0.2) is 83.5 Å². The average molecular weight is 420 g/mol. The predicted molar refractivity (Wildman–Crippen MR) is 135 cm³/mol. The van der Waals surface area contributed by atoms with Gasteiger partial charge in [0.1, 0.15) is 5.82 Å². The molecular formula is C29H29N3. The highest BCUT2D eigenvalue weighted by Gasteiger charge is 2.15. The molecule has 1 N–H and O–H groups in total. The number of benzene rings is 3. The Hall–Kier alpha value is -3.46. The zero-order valence-electron chi connectivity index (χ0n) is 19.2. The van der Waals surface area contributed by atoms with Crippen molar-refractivity contribution in [1.82, 2.24) is 9.97 Å². The molecule has 0 aliphatic carbocycles. The molecule has 0 atom stereocenters. The summed E-state index contributed by atoms with van der Waals surface area (Å²) in [5, 5.41) is 0. The largest absolute Gasteiger partial charge is 0.342 e. The normalized spacial score (nSPS) is 13.8. The van der Waals surface area contributed by atoms with Crippen molar-refractivity contribution in [1.29, 1.82) is 0 Å². The zero-order chi connectivity index (χ0) is 22.2. The van der Waals surface area contributed by atoms with Crippen LogP contribution in [0.5, 0.6) is 0 Å². The molecular weight excluding hydrogens is 390 g/mol. The first kappa shape index (κ1) is 20.4. The van der Waals surface area contributed by atoms with Gasteiger partial charge in [0.05, 0.1) is 16.7 Å². The molecule has 0 fully saturated rings. The molecule has 0 radical (unpaired) electrons. The van der Waals surface area contributed by atoms with Crippen LogP contribution in [0, 0.1) is 5.92 Å². The van der Waals surface area contributed by atoms with Crippen LogP contribution in [0.4, 0.5) is 0 Å². The summed E-state index contributed by atoms with van der Waals surface area (Å²) in [6.45, 7) is 8.77. The second kappa shape index (κ2) is 8.23. The average Bonchev–Trinajstić information content (AvgIpc) is 3.47. The number of rotatable bonds is 5. The van der Waals surface area contributed by atoms with Crippen LogP contribution in [0.2, 0.25) is 0 Å². The van der Waals surface area contributed by atoms with E-state index in [4.69, 9.17) is 0 Å². The third kappa shape index (κ3) is 3.91. The minimum atomic E-state index is 0.394. The summed E-state index contributed by atoms with van der Waals surface area (Å²) in [4.78, 5) is 12.8. The van der Waals surface area contributed by atoms with Gasteiger partial charge in [-0.2, -0.15) is 0 Å². The lowest BCUT2D eigenvalue weighted by Crippen LogP contribution is -2.01. The van der Waals surface area contributed by atoms with Gasteiger partial charge in [0.25, 0.3) is 0 Å². The van der Waals surface area contributed by atoms with E-state index in [0.29, 0.717) is 11.8 Å². The number of H-pyrrole nitrogens is 1. The van der Waals surface area contributed by atoms with E-state index in [9.17, 15) is 0 Å². The SMILES string of the molecule is CC(C)C1=CN=C(c2ccc(-c3ccc(-c4ccc5nc(C(C)C)[nH]c5c4)cc3)cc2)C1. The van der Waals surface area contributed by atoms with E-state index < -0.39 is 0 Å². The lowest BCUT2D eigenvalue weighted by atomic mass is 9.95. The molecule has 160 valence electrons. The van der Waals surface area contributed by atoms with Crippen LogP contribution in [0.3, 0.4) is 0 Å². The number of aromatic amines is 1. The van der Waals surface area contributed by atoms with Crippen molar-refractivity contribution in [2.24, 2.45) is 10.9 Å². The summed E-state index contributed by atoms with van der Waals surface area (Å²) in [6.07, 6.45) is 3.00. The van der Waals surface area contributed by atoms with Crippen molar-refractivity contribution in [3.63, 3.8) is 0 Å². The molecule has 3 heteroatoms.